The zero-order valence-electron chi connectivity index (χ0n) is 17.7. The third-order valence-corrected chi connectivity index (χ3v) is 5.46. The topological polar surface area (TPSA) is 66.9 Å². The van der Waals surface area contributed by atoms with Gasteiger partial charge in [-0.25, -0.2) is 9.29 Å². The molecule has 0 unspecified atom stereocenters. The van der Waals surface area contributed by atoms with Gasteiger partial charge in [0.05, 0.1) is 17.9 Å². The maximum Gasteiger partial charge on any atom is 0.265 e. The maximum absolute atomic E-state index is 14.7. The highest BCUT2D eigenvalue weighted by atomic mass is 19.1. The molecule has 0 aromatic heterocycles. The highest BCUT2D eigenvalue weighted by Gasteiger charge is 2.41. The number of amides is 3. The number of halogens is 1. The smallest absolute Gasteiger partial charge is 0.265 e. The molecule has 1 aromatic carbocycles. The van der Waals surface area contributed by atoms with E-state index in [-0.39, 0.29) is 36.2 Å². The van der Waals surface area contributed by atoms with E-state index in [1.54, 1.807) is 0 Å². The minimum absolute atomic E-state index is 0.0170. The summed E-state index contributed by atoms with van der Waals surface area (Å²) in [5.41, 5.74) is 0.992. The molecule has 3 amide bonds. The Balaban J connectivity index is 0.000000491. The second-order valence-corrected chi connectivity index (χ2v) is 7.56. The summed E-state index contributed by atoms with van der Waals surface area (Å²) in [5, 5.41) is 0. The summed E-state index contributed by atoms with van der Waals surface area (Å²) in [4.78, 5) is 39.5. The summed E-state index contributed by atoms with van der Waals surface area (Å²) < 4.78 is 19.9. The first-order chi connectivity index (χ1) is 14.9. The van der Waals surface area contributed by atoms with E-state index < -0.39 is 17.6 Å². The molecule has 2 aliphatic heterocycles. The van der Waals surface area contributed by atoms with E-state index in [4.69, 9.17) is 11.2 Å². The molecule has 4 rings (SSSR count). The number of terminal acetylenes is 1. The number of unbranched alkanes of at least 4 members (excludes halogenated alkanes) is 2. The highest BCUT2D eigenvalue weighted by molar-refractivity contribution is 6.33. The molecule has 0 bridgehead atoms. The standard InChI is InChI=1S/C19H15FN2O4.C5H11/c1-2-7-21-15-9-14(13(20)8-16(15)26-10-17(21)23)22-18(24)11-5-3-4-6-12(11)19(22)25;1-3-5-4-2/h1,8-9H,3-7,10H2;1,3-5H2,2H3. The fraction of sp³-hybridized carbons (Fsp3) is 0.417. The average Bonchev–Trinajstić information content (AvgIpc) is 3.02. The molecule has 163 valence electrons. The van der Waals surface area contributed by atoms with Crippen molar-refractivity contribution in [2.75, 3.05) is 23.0 Å². The van der Waals surface area contributed by atoms with E-state index in [1.807, 2.05) is 0 Å². The van der Waals surface area contributed by atoms with Gasteiger partial charge in [-0.1, -0.05) is 39.0 Å². The van der Waals surface area contributed by atoms with Gasteiger partial charge in [0.1, 0.15) is 5.75 Å². The Morgan fingerprint density at radius 3 is 2.29 bits per heavy atom. The van der Waals surface area contributed by atoms with Crippen LogP contribution in [0.3, 0.4) is 0 Å². The summed E-state index contributed by atoms with van der Waals surface area (Å²) in [6.07, 6.45) is 11.7. The molecule has 0 saturated carbocycles. The Labute approximate surface area is 182 Å². The number of benzene rings is 1. The van der Waals surface area contributed by atoms with E-state index in [1.165, 1.54) is 23.8 Å². The number of hydrogen-bond donors (Lipinski definition) is 0. The van der Waals surface area contributed by atoms with Gasteiger partial charge in [-0.2, -0.15) is 0 Å². The van der Waals surface area contributed by atoms with Crippen LogP contribution in [0.2, 0.25) is 0 Å². The lowest BCUT2D eigenvalue weighted by Gasteiger charge is -2.29. The Morgan fingerprint density at radius 1 is 1.13 bits per heavy atom. The van der Waals surface area contributed by atoms with Crippen LogP contribution in [0, 0.1) is 25.1 Å². The summed E-state index contributed by atoms with van der Waals surface area (Å²) in [7, 11) is 0. The molecule has 31 heavy (non-hydrogen) atoms. The average molecular weight is 425 g/mol. The second kappa shape index (κ2) is 9.78. The van der Waals surface area contributed by atoms with Crippen molar-refractivity contribution in [3.8, 4) is 18.1 Å². The molecule has 1 radical (unpaired) electrons. The molecule has 1 aromatic rings. The third kappa shape index (κ3) is 4.34. The van der Waals surface area contributed by atoms with Gasteiger partial charge in [-0.15, -0.1) is 6.42 Å². The minimum Gasteiger partial charge on any atom is -0.481 e. The Hall–Kier alpha value is -3.14. The number of carbonyl (C=O) groups is 3. The number of fused-ring (bicyclic) bond motifs is 1. The first-order valence-corrected chi connectivity index (χ1v) is 10.5. The number of imide groups is 1. The molecule has 6 nitrogen and oxygen atoms in total. The van der Waals surface area contributed by atoms with Gasteiger partial charge in [-0.05, 0) is 31.7 Å². The first kappa shape index (κ1) is 22.5. The van der Waals surface area contributed by atoms with E-state index in [2.05, 4.69) is 19.8 Å². The third-order valence-electron chi connectivity index (χ3n) is 5.46. The number of carbonyl (C=O) groups excluding carboxylic acids is 3. The van der Waals surface area contributed by atoms with E-state index in [9.17, 15) is 18.8 Å². The molecule has 7 heteroatoms. The number of hydrogen-bond acceptors (Lipinski definition) is 4. The fourth-order valence-corrected chi connectivity index (χ4v) is 3.86. The normalized spacial score (nSPS) is 17.5. The van der Waals surface area contributed by atoms with E-state index in [0.29, 0.717) is 24.0 Å². The molecule has 0 spiro atoms. The van der Waals surface area contributed by atoms with E-state index in [0.717, 1.165) is 30.2 Å². The SMILES string of the molecule is C#CCN1C(=O)COc2cc(F)c(N3C(=O)C4=C(CCCC4)C3=O)cc21.[CH2]CCCC. The van der Waals surface area contributed by atoms with Crippen LogP contribution in [0.25, 0.3) is 0 Å². The van der Waals surface area contributed by atoms with Crippen LogP contribution in [-0.4, -0.2) is 30.9 Å². The van der Waals surface area contributed by atoms with Gasteiger partial charge in [0.25, 0.3) is 17.7 Å². The van der Waals surface area contributed by atoms with Crippen LogP contribution in [0.15, 0.2) is 23.3 Å². The monoisotopic (exact) mass is 425 g/mol. The van der Waals surface area contributed by atoms with Crippen LogP contribution in [0.5, 0.6) is 5.75 Å². The van der Waals surface area contributed by atoms with Crippen LogP contribution in [0.4, 0.5) is 15.8 Å². The molecule has 1 aliphatic carbocycles. The molecule has 0 N–H and O–H groups in total. The summed E-state index contributed by atoms with van der Waals surface area (Å²) in [5.74, 6) is 0.406. The zero-order valence-corrected chi connectivity index (χ0v) is 17.7. The van der Waals surface area contributed by atoms with Gasteiger partial charge in [0.15, 0.2) is 12.4 Å². The fourth-order valence-electron chi connectivity index (χ4n) is 3.86. The van der Waals surface area contributed by atoms with Crippen molar-refractivity contribution >= 4 is 29.1 Å². The number of ether oxygens (including phenoxy) is 1. The van der Waals surface area contributed by atoms with E-state index >= 15 is 0 Å². The van der Waals surface area contributed by atoms with Crippen molar-refractivity contribution in [3.63, 3.8) is 0 Å². The van der Waals surface area contributed by atoms with Crippen molar-refractivity contribution in [2.24, 2.45) is 0 Å². The largest absolute Gasteiger partial charge is 0.481 e. The molecule has 3 aliphatic rings. The van der Waals surface area contributed by atoms with Crippen LogP contribution >= 0.6 is 0 Å². The van der Waals surface area contributed by atoms with Crippen LogP contribution in [0.1, 0.15) is 51.9 Å². The van der Waals surface area contributed by atoms with Crippen molar-refractivity contribution in [1.29, 1.82) is 0 Å². The zero-order chi connectivity index (χ0) is 22.5. The lowest BCUT2D eigenvalue weighted by atomic mass is 9.93. The quantitative estimate of drug-likeness (QED) is 0.541. The van der Waals surface area contributed by atoms with Crippen molar-refractivity contribution < 1.29 is 23.5 Å². The van der Waals surface area contributed by atoms with Gasteiger partial charge in [0, 0.05) is 17.2 Å². The van der Waals surface area contributed by atoms with Gasteiger partial charge < -0.3 is 4.74 Å². The lowest BCUT2D eigenvalue weighted by Crippen LogP contribution is -2.39. The van der Waals surface area contributed by atoms with Gasteiger partial charge in [-0.3, -0.25) is 19.3 Å². The van der Waals surface area contributed by atoms with Crippen molar-refractivity contribution in [2.45, 2.75) is 51.9 Å². The molecule has 2 heterocycles. The molecular weight excluding hydrogens is 399 g/mol. The van der Waals surface area contributed by atoms with Crippen molar-refractivity contribution in [1.82, 2.24) is 0 Å². The maximum atomic E-state index is 14.7. The van der Waals surface area contributed by atoms with Crippen LogP contribution < -0.4 is 14.5 Å². The Kier molecular flexibility index (Phi) is 7.11. The van der Waals surface area contributed by atoms with Gasteiger partial charge in [0.2, 0.25) is 0 Å². The minimum atomic E-state index is -0.764. The molecular formula is C24H26FN2O4. The number of anilines is 2. The number of nitrogens with zero attached hydrogens (tertiary/aromatic N) is 2. The second-order valence-electron chi connectivity index (χ2n) is 7.56. The highest BCUT2D eigenvalue weighted by Crippen LogP contribution is 2.41. The Morgan fingerprint density at radius 2 is 1.77 bits per heavy atom. The molecule has 0 atom stereocenters. The summed E-state index contributed by atoms with van der Waals surface area (Å²) >= 11 is 0. The summed E-state index contributed by atoms with van der Waals surface area (Å²) in [6, 6.07) is 2.37. The molecule has 0 fully saturated rings. The predicted molar refractivity (Wildman–Crippen MR) is 116 cm³/mol. The first-order valence-electron chi connectivity index (χ1n) is 10.5. The predicted octanol–water partition coefficient (Wildman–Crippen LogP) is 3.94. The van der Waals surface area contributed by atoms with Crippen molar-refractivity contribution in [3.05, 3.63) is 36.0 Å². The summed E-state index contributed by atoms with van der Waals surface area (Å²) in [6.45, 7) is 5.59. The number of rotatable bonds is 4. The molecule has 0 saturated heterocycles. The van der Waals surface area contributed by atoms with Crippen LogP contribution in [-0.2, 0) is 14.4 Å². The lowest BCUT2D eigenvalue weighted by molar-refractivity contribution is -0.121. The Bertz CT molecular complexity index is 947. The van der Waals surface area contributed by atoms with Gasteiger partial charge >= 0.3 is 0 Å².